The van der Waals surface area contributed by atoms with E-state index in [1.54, 1.807) is 18.2 Å². The van der Waals surface area contributed by atoms with E-state index >= 15 is 0 Å². The van der Waals surface area contributed by atoms with Crippen molar-refractivity contribution in [3.8, 4) is 16.9 Å². The highest BCUT2D eigenvalue weighted by atomic mass is 19.4. The molecule has 1 fully saturated rings. The lowest BCUT2D eigenvalue weighted by Gasteiger charge is -2.19. The fraction of sp³-hybridized carbons (Fsp3) is 0.357. The van der Waals surface area contributed by atoms with Gasteiger partial charge in [0.15, 0.2) is 0 Å². The fourth-order valence-electron chi connectivity index (χ4n) is 4.36. The lowest BCUT2D eigenvalue weighted by Crippen LogP contribution is -2.24. The molecule has 0 spiro atoms. The third-order valence-electron chi connectivity index (χ3n) is 6.33. The highest BCUT2D eigenvalue weighted by Crippen LogP contribution is 2.40. The number of nitrogens with zero attached hydrogens (tertiary/aromatic N) is 2. The lowest BCUT2D eigenvalue weighted by atomic mass is 9.95. The average Bonchev–Trinajstić information content (AvgIpc) is 3.22. The van der Waals surface area contributed by atoms with Crippen molar-refractivity contribution in [1.29, 1.82) is 0 Å². The van der Waals surface area contributed by atoms with E-state index in [2.05, 4.69) is 4.98 Å². The molecule has 5 nitrogen and oxygen atoms in total. The van der Waals surface area contributed by atoms with Crippen molar-refractivity contribution in [3.63, 3.8) is 0 Å². The Labute approximate surface area is 226 Å². The summed E-state index contributed by atoms with van der Waals surface area (Å²) in [5.41, 5.74) is -1.66. The first-order valence-electron chi connectivity index (χ1n) is 11.8. The second-order valence-electron chi connectivity index (χ2n) is 9.32. The molecule has 40 heavy (non-hydrogen) atoms. The number of ether oxygens (including phenoxy) is 2. The molecular formula is C28H27F7N2O3. The van der Waals surface area contributed by atoms with E-state index in [4.69, 9.17) is 9.47 Å². The monoisotopic (exact) mass is 572 g/mol. The Bertz CT molecular complexity index is 1360. The Morgan fingerprint density at radius 2 is 1.65 bits per heavy atom. The Morgan fingerprint density at radius 3 is 2.20 bits per heavy atom. The molecule has 2 heterocycles. The summed E-state index contributed by atoms with van der Waals surface area (Å²) in [6.07, 6.45) is -10.9. The normalized spacial score (nSPS) is 15.7. The average molecular weight is 573 g/mol. The van der Waals surface area contributed by atoms with Gasteiger partial charge in [0.05, 0.1) is 37.0 Å². The Hall–Kier alpha value is -3.83. The smallest absolute Gasteiger partial charge is 0.416 e. The number of hydrogen-bond donors (Lipinski definition) is 0. The van der Waals surface area contributed by atoms with Crippen LogP contribution in [0.2, 0.25) is 0 Å². The largest absolute Gasteiger partial charge is 0.496 e. The van der Waals surface area contributed by atoms with Crippen molar-refractivity contribution >= 4 is 6.09 Å². The van der Waals surface area contributed by atoms with Crippen LogP contribution in [0.15, 0.2) is 48.7 Å². The molecule has 1 aliphatic heterocycles. The first-order chi connectivity index (χ1) is 18.2. The minimum atomic E-state index is -5.04. The van der Waals surface area contributed by atoms with Gasteiger partial charge in [0.2, 0.25) is 0 Å². The maximum atomic E-state index is 14.6. The van der Waals surface area contributed by atoms with Crippen molar-refractivity contribution < 1.29 is 45.0 Å². The fourth-order valence-corrected chi connectivity index (χ4v) is 4.36. The van der Waals surface area contributed by atoms with Crippen LogP contribution in [0.25, 0.3) is 11.1 Å². The number of methoxy groups -OCH3 is 1. The molecule has 3 aromatic rings. The van der Waals surface area contributed by atoms with Crippen molar-refractivity contribution in [3.05, 3.63) is 82.4 Å². The zero-order chi connectivity index (χ0) is 28.7. The zero-order valence-corrected chi connectivity index (χ0v) is 21.0. The summed E-state index contributed by atoms with van der Waals surface area (Å²) in [5, 5.41) is 0. The maximum Gasteiger partial charge on any atom is 0.416 e. The van der Waals surface area contributed by atoms with Crippen molar-refractivity contribution in [2.24, 2.45) is 0 Å². The maximum absolute atomic E-state index is 14.6. The molecule has 1 amide bonds. The summed E-state index contributed by atoms with van der Waals surface area (Å²) < 4.78 is 105. The SMILES string of the molecule is C.COc1cc(F)c(C(C)C)cc1-c1cccnc1CN1C[C@@H](c2cc(C(F)(F)F)cc(C(F)(F)F)c2)OC1=O. The Kier molecular flexibility index (Phi) is 8.71. The Morgan fingerprint density at radius 1 is 1.02 bits per heavy atom. The van der Waals surface area contributed by atoms with Crippen LogP contribution in [0.3, 0.4) is 0 Å². The van der Waals surface area contributed by atoms with Crippen LogP contribution in [-0.2, 0) is 23.6 Å². The minimum Gasteiger partial charge on any atom is -0.496 e. The number of halogens is 7. The summed E-state index contributed by atoms with van der Waals surface area (Å²) in [5.74, 6) is -0.392. The number of rotatable bonds is 6. The molecule has 4 rings (SSSR count). The number of alkyl halides is 6. The minimum absolute atomic E-state index is 0. The van der Waals surface area contributed by atoms with Crippen LogP contribution in [0, 0.1) is 5.82 Å². The molecule has 2 aromatic carbocycles. The van der Waals surface area contributed by atoms with Gasteiger partial charge in [-0.05, 0) is 47.4 Å². The van der Waals surface area contributed by atoms with E-state index in [0.29, 0.717) is 34.5 Å². The van der Waals surface area contributed by atoms with Crippen LogP contribution in [0.1, 0.15) is 61.2 Å². The van der Waals surface area contributed by atoms with Gasteiger partial charge < -0.3 is 9.47 Å². The molecule has 1 saturated heterocycles. The van der Waals surface area contributed by atoms with E-state index < -0.39 is 47.1 Å². The summed E-state index contributed by atoms with van der Waals surface area (Å²) in [4.78, 5) is 18.1. The third kappa shape index (κ3) is 6.31. The number of cyclic esters (lactones) is 1. The summed E-state index contributed by atoms with van der Waals surface area (Å²) >= 11 is 0. The molecule has 1 aromatic heterocycles. The molecule has 0 radical (unpaired) electrons. The molecule has 1 aliphatic rings. The predicted octanol–water partition coefficient (Wildman–Crippen LogP) is 8.39. The third-order valence-corrected chi connectivity index (χ3v) is 6.33. The predicted molar refractivity (Wildman–Crippen MR) is 133 cm³/mol. The van der Waals surface area contributed by atoms with Gasteiger partial charge in [0.25, 0.3) is 0 Å². The van der Waals surface area contributed by atoms with Crippen molar-refractivity contribution in [2.45, 2.75) is 52.2 Å². The second-order valence-corrected chi connectivity index (χ2v) is 9.32. The molecule has 0 N–H and O–H groups in total. The van der Waals surface area contributed by atoms with Gasteiger partial charge in [0.1, 0.15) is 17.7 Å². The van der Waals surface area contributed by atoms with Crippen molar-refractivity contribution in [2.75, 3.05) is 13.7 Å². The van der Waals surface area contributed by atoms with E-state index in [1.165, 1.54) is 19.4 Å². The van der Waals surface area contributed by atoms with Gasteiger partial charge in [-0.15, -0.1) is 0 Å². The van der Waals surface area contributed by atoms with Crippen LogP contribution >= 0.6 is 0 Å². The lowest BCUT2D eigenvalue weighted by molar-refractivity contribution is -0.143. The molecule has 0 bridgehead atoms. The molecule has 0 unspecified atom stereocenters. The first-order valence-corrected chi connectivity index (χ1v) is 11.8. The van der Waals surface area contributed by atoms with Gasteiger partial charge in [-0.1, -0.05) is 27.3 Å². The van der Waals surface area contributed by atoms with Crippen LogP contribution in [0.5, 0.6) is 5.75 Å². The van der Waals surface area contributed by atoms with Crippen LogP contribution in [-0.4, -0.2) is 29.6 Å². The number of amides is 1. The molecule has 0 saturated carbocycles. The molecule has 1 atom stereocenters. The quantitative estimate of drug-likeness (QED) is 0.279. The standard InChI is InChI=1S/C27H23F7N2O3.CH4/c1-14(2)19-10-20(23(38-3)11-21(19)28)18-5-4-6-35-22(18)12-36-13-24(39-25(36)37)15-7-16(26(29,30)31)9-17(8-15)27(32,33)34;/h4-11,14,24H,12-13H2,1-3H3;1H4/t24-;/m0./s1. The van der Waals surface area contributed by atoms with Gasteiger partial charge in [0, 0.05) is 23.4 Å². The summed E-state index contributed by atoms with van der Waals surface area (Å²) in [7, 11) is 1.37. The Balaban J connectivity index is 0.00000441. The number of aromatic nitrogens is 1. The number of carbonyl (C=O) groups is 1. The molecule has 12 heteroatoms. The van der Waals surface area contributed by atoms with Gasteiger partial charge in [-0.2, -0.15) is 26.3 Å². The second kappa shape index (κ2) is 11.3. The van der Waals surface area contributed by atoms with E-state index in [1.807, 2.05) is 13.8 Å². The van der Waals surface area contributed by atoms with E-state index in [9.17, 15) is 35.5 Å². The molecule has 0 aliphatic carbocycles. The number of pyridine rings is 1. The molecular weight excluding hydrogens is 545 g/mol. The zero-order valence-electron chi connectivity index (χ0n) is 21.0. The number of benzene rings is 2. The van der Waals surface area contributed by atoms with Crippen molar-refractivity contribution in [1.82, 2.24) is 9.88 Å². The molecule has 216 valence electrons. The van der Waals surface area contributed by atoms with Gasteiger partial charge >= 0.3 is 18.4 Å². The van der Waals surface area contributed by atoms with Crippen LogP contribution in [0.4, 0.5) is 35.5 Å². The van der Waals surface area contributed by atoms with Crippen LogP contribution < -0.4 is 4.74 Å². The summed E-state index contributed by atoms with van der Waals surface area (Å²) in [6, 6.07) is 7.27. The van der Waals surface area contributed by atoms with Gasteiger partial charge in [-0.25, -0.2) is 9.18 Å². The number of carbonyl (C=O) groups excluding carboxylic acids is 1. The highest BCUT2D eigenvalue weighted by Gasteiger charge is 2.40. The highest BCUT2D eigenvalue weighted by molar-refractivity contribution is 5.75. The van der Waals surface area contributed by atoms with Gasteiger partial charge in [-0.3, -0.25) is 9.88 Å². The van der Waals surface area contributed by atoms with E-state index in [0.717, 1.165) is 4.90 Å². The topological polar surface area (TPSA) is 51.7 Å². The summed E-state index contributed by atoms with van der Waals surface area (Å²) in [6.45, 7) is 3.15. The first kappa shape index (κ1) is 30.7. The number of hydrogen-bond acceptors (Lipinski definition) is 4. The van der Waals surface area contributed by atoms with E-state index in [-0.39, 0.29) is 38.2 Å².